The molecule has 2 aromatic rings. The Kier molecular flexibility index (Phi) is 3.13. The third kappa shape index (κ3) is 2.16. The first-order chi connectivity index (χ1) is 8.00. The van der Waals surface area contributed by atoms with Gasteiger partial charge in [-0.05, 0) is 29.8 Å². The van der Waals surface area contributed by atoms with Crippen molar-refractivity contribution in [1.29, 1.82) is 0 Å². The van der Waals surface area contributed by atoms with Crippen molar-refractivity contribution in [2.24, 2.45) is 7.05 Å². The standard InChI is InChI=1S/C12H9Cl2NO2/c1-15-10(4-5-11(16)12(15)17)7-2-3-8(13)9(14)6-7/h2-6,16H,1H3. The monoisotopic (exact) mass is 269 g/mol. The molecular formula is C12H9Cl2NO2. The van der Waals surface area contributed by atoms with Crippen molar-refractivity contribution in [3.8, 4) is 17.0 Å². The second kappa shape index (κ2) is 4.43. The topological polar surface area (TPSA) is 42.2 Å². The number of aromatic hydroxyl groups is 1. The van der Waals surface area contributed by atoms with Crippen LogP contribution in [-0.2, 0) is 7.05 Å². The van der Waals surface area contributed by atoms with Gasteiger partial charge >= 0.3 is 0 Å². The van der Waals surface area contributed by atoms with E-state index in [-0.39, 0.29) is 5.75 Å². The van der Waals surface area contributed by atoms with E-state index in [4.69, 9.17) is 23.2 Å². The van der Waals surface area contributed by atoms with Crippen LogP contribution in [0.3, 0.4) is 0 Å². The summed E-state index contributed by atoms with van der Waals surface area (Å²) in [6, 6.07) is 8.11. The Morgan fingerprint density at radius 3 is 2.47 bits per heavy atom. The first kappa shape index (κ1) is 12.0. The van der Waals surface area contributed by atoms with Gasteiger partial charge < -0.3 is 9.67 Å². The van der Waals surface area contributed by atoms with Gasteiger partial charge in [-0.15, -0.1) is 0 Å². The lowest BCUT2D eigenvalue weighted by atomic mass is 10.1. The van der Waals surface area contributed by atoms with E-state index in [1.165, 1.54) is 10.6 Å². The highest BCUT2D eigenvalue weighted by Crippen LogP contribution is 2.28. The molecule has 1 aromatic carbocycles. The summed E-state index contributed by atoms with van der Waals surface area (Å²) in [5, 5.41) is 10.2. The number of benzene rings is 1. The first-order valence-electron chi connectivity index (χ1n) is 4.85. The summed E-state index contributed by atoms with van der Waals surface area (Å²) in [6.45, 7) is 0. The molecule has 0 bridgehead atoms. The molecule has 0 aliphatic carbocycles. The molecule has 0 aliphatic rings. The largest absolute Gasteiger partial charge is 0.503 e. The zero-order valence-corrected chi connectivity index (χ0v) is 10.5. The lowest BCUT2D eigenvalue weighted by Crippen LogP contribution is -2.17. The minimum Gasteiger partial charge on any atom is -0.503 e. The predicted octanol–water partition coefficient (Wildman–Crippen LogP) is 3.06. The Bertz CT molecular complexity index is 635. The second-order valence-electron chi connectivity index (χ2n) is 3.60. The van der Waals surface area contributed by atoms with Crippen LogP contribution >= 0.6 is 23.2 Å². The molecule has 17 heavy (non-hydrogen) atoms. The number of halogens is 2. The first-order valence-corrected chi connectivity index (χ1v) is 5.60. The second-order valence-corrected chi connectivity index (χ2v) is 4.41. The van der Waals surface area contributed by atoms with E-state index in [2.05, 4.69) is 0 Å². The number of hydrogen-bond donors (Lipinski definition) is 1. The van der Waals surface area contributed by atoms with Crippen LogP contribution in [0.25, 0.3) is 11.3 Å². The SMILES string of the molecule is Cn1c(-c2ccc(Cl)c(Cl)c2)ccc(O)c1=O. The predicted molar refractivity (Wildman–Crippen MR) is 68.8 cm³/mol. The van der Waals surface area contributed by atoms with Gasteiger partial charge in [0.1, 0.15) is 0 Å². The Morgan fingerprint density at radius 2 is 1.82 bits per heavy atom. The molecule has 0 saturated carbocycles. The third-order valence-electron chi connectivity index (χ3n) is 2.50. The molecule has 2 rings (SSSR count). The van der Waals surface area contributed by atoms with Gasteiger partial charge in [0.2, 0.25) is 0 Å². The fraction of sp³-hybridized carbons (Fsp3) is 0.0833. The molecule has 0 radical (unpaired) electrons. The highest BCUT2D eigenvalue weighted by molar-refractivity contribution is 6.42. The van der Waals surface area contributed by atoms with E-state index in [1.807, 2.05) is 0 Å². The van der Waals surface area contributed by atoms with Crippen LogP contribution in [0.15, 0.2) is 35.1 Å². The Balaban J connectivity index is 2.65. The molecule has 0 amide bonds. The zero-order chi connectivity index (χ0) is 12.6. The van der Waals surface area contributed by atoms with Gasteiger partial charge in [0.05, 0.1) is 15.7 Å². The molecule has 0 aliphatic heterocycles. The maximum atomic E-state index is 11.6. The van der Waals surface area contributed by atoms with Gasteiger partial charge in [-0.1, -0.05) is 29.3 Å². The number of pyridine rings is 1. The fourth-order valence-corrected chi connectivity index (χ4v) is 1.87. The molecule has 0 atom stereocenters. The van der Waals surface area contributed by atoms with Crippen molar-refractivity contribution in [1.82, 2.24) is 4.57 Å². The third-order valence-corrected chi connectivity index (χ3v) is 3.24. The van der Waals surface area contributed by atoms with Crippen molar-refractivity contribution in [2.75, 3.05) is 0 Å². The van der Waals surface area contributed by atoms with Crippen LogP contribution in [0.5, 0.6) is 5.75 Å². The molecule has 1 aromatic heterocycles. The summed E-state index contributed by atoms with van der Waals surface area (Å²) in [4.78, 5) is 11.6. The summed E-state index contributed by atoms with van der Waals surface area (Å²) < 4.78 is 1.36. The van der Waals surface area contributed by atoms with E-state index < -0.39 is 5.56 Å². The van der Waals surface area contributed by atoms with Crippen molar-refractivity contribution >= 4 is 23.2 Å². The normalized spacial score (nSPS) is 10.5. The van der Waals surface area contributed by atoms with E-state index >= 15 is 0 Å². The van der Waals surface area contributed by atoms with Gasteiger partial charge in [-0.2, -0.15) is 0 Å². The zero-order valence-electron chi connectivity index (χ0n) is 8.95. The van der Waals surface area contributed by atoms with E-state index in [0.29, 0.717) is 15.7 Å². The summed E-state index contributed by atoms with van der Waals surface area (Å²) in [7, 11) is 1.58. The molecule has 1 heterocycles. The molecule has 0 unspecified atom stereocenters. The molecule has 5 heteroatoms. The average Bonchev–Trinajstić information content (AvgIpc) is 2.30. The highest BCUT2D eigenvalue weighted by atomic mass is 35.5. The van der Waals surface area contributed by atoms with Crippen molar-refractivity contribution in [2.45, 2.75) is 0 Å². The minimum absolute atomic E-state index is 0.281. The minimum atomic E-state index is -0.450. The number of nitrogens with zero attached hydrogens (tertiary/aromatic N) is 1. The molecule has 1 N–H and O–H groups in total. The summed E-state index contributed by atoms with van der Waals surface area (Å²) >= 11 is 11.7. The molecule has 0 fully saturated rings. The maximum Gasteiger partial charge on any atom is 0.292 e. The van der Waals surface area contributed by atoms with Gasteiger partial charge in [-0.3, -0.25) is 4.79 Å². The highest BCUT2D eigenvalue weighted by Gasteiger charge is 2.08. The Hall–Kier alpha value is -1.45. The van der Waals surface area contributed by atoms with Crippen molar-refractivity contribution in [3.63, 3.8) is 0 Å². The van der Waals surface area contributed by atoms with E-state index in [9.17, 15) is 9.90 Å². The van der Waals surface area contributed by atoms with Crippen LogP contribution in [-0.4, -0.2) is 9.67 Å². The van der Waals surface area contributed by atoms with Gasteiger partial charge in [-0.25, -0.2) is 0 Å². The van der Waals surface area contributed by atoms with Crippen LogP contribution in [0.2, 0.25) is 10.0 Å². The van der Waals surface area contributed by atoms with Crippen LogP contribution in [0.4, 0.5) is 0 Å². The average molecular weight is 270 g/mol. The molecule has 88 valence electrons. The van der Waals surface area contributed by atoms with Gasteiger partial charge in [0, 0.05) is 7.05 Å². The smallest absolute Gasteiger partial charge is 0.292 e. The lowest BCUT2D eigenvalue weighted by molar-refractivity contribution is 0.461. The number of aromatic nitrogens is 1. The molecule has 0 spiro atoms. The quantitative estimate of drug-likeness (QED) is 0.865. The van der Waals surface area contributed by atoms with Crippen molar-refractivity contribution < 1.29 is 5.11 Å². The Morgan fingerprint density at radius 1 is 1.12 bits per heavy atom. The summed E-state index contributed by atoms with van der Waals surface area (Å²) in [6.07, 6.45) is 0. The van der Waals surface area contributed by atoms with Crippen LogP contribution in [0.1, 0.15) is 0 Å². The van der Waals surface area contributed by atoms with Crippen LogP contribution in [0, 0.1) is 0 Å². The molecule has 0 saturated heterocycles. The summed E-state index contributed by atoms with van der Waals surface area (Å²) in [5.41, 5.74) is 0.971. The number of hydrogen-bond acceptors (Lipinski definition) is 2. The summed E-state index contributed by atoms with van der Waals surface area (Å²) in [5.74, 6) is -0.281. The van der Waals surface area contributed by atoms with Crippen LogP contribution < -0.4 is 5.56 Å². The van der Waals surface area contributed by atoms with E-state index in [1.54, 1.807) is 31.3 Å². The molecular weight excluding hydrogens is 261 g/mol. The van der Waals surface area contributed by atoms with Gasteiger partial charge in [0.25, 0.3) is 5.56 Å². The fourth-order valence-electron chi connectivity index (χ4n) is 1.57. The van der Waals surface area contributed by atoms with E-state index in [0.717, 1.165) is 5.56 Å². The maximum absolute atomic E-state index is 11.6. The van der Waals surface area contributed by atoms with Crippen molar-refractivity contribution in [3.05, 3.63) is 50.7 Å². The lowest BCUT2D eigenvalue weighted by Gasteiger charge is -2.09. The number of rotatable bonds is 1. The molecule has 3 nitrogen and oxygen atoms in total. The Labute approximate surface area is 108 Å². The van der Waals surface area contributed by atoms with Gasteiger partial charge in [0.15, 0.2) is 5.75 Å².